The summed E-state index contributed by atoms with van der Waals surface area (Å²) in [5.74, 6) is 0.0419. The molecule has 0 aromatic rings. The zero-order chi connectivity index (χ0) is 44.7. The van der Waals surface area contributed by atoms with Crippen LogP contribution >= 0.6 is 0 Å². The van der Waals surface area contributed by atoms with Crippen LogP contribution in [-0.4, -0.2) is 76.9 Å². The maximum absolute atomic E-state index is 10.8. The topological polar surface area (TPSA) is 133 Å². The smallest absolute Gasteiger partial charge is 0.726 e. The molecule has 0 N–H and O–H groups in total. The Kier molecular flexibility index (Phi) is 55.5. The number of rotatable bonds is 46. The molecule has 0 aromatic heterocycles. The van der Waals surface area contributed by atoms with Crippen LogP contribution in [0.2, 0.25) is 0 Å². The van der Waals surface area contributed by atoms with Crippen LogP contribution in [0, 0.1) is 11.8 Å². The van der Waals surface area contributed by atoms with Crippen LogP contribution in [0.25, 0.3) is 0 Å². The first kappa shape index (κ1) is 65.8. The third kappa shape index (κ3) is 60.5. The van der Waals surface area contributed by atoms with Gasteiger partial charge in [-0.3, -0.25) is 8.37 Å². The molecule has 0 aliphatic carbocycles. The van der Waals surface area contributed by atoms with E-state index < -0.39 is 20.8 Å². The van der Waals surface area contributed by atoms with Gasteiger partial charge in [0, 0.05) is 11.8 Å². The van der Waals surface area contributed by atoms with Gasteiger partial charge in [-0.15, -0.1) is 0 Å². The van der Waals surface area contributed by atoms with Crippen LogP contribution < -0.4 is 0 Å². The van der Waals surface area contributed by atoms with E-state index in [0.717, 1.165) is 51.4 Å². The zero-order valence-corrected chi connectivity index (χ0v) is 44.4. The number of unbranched alkanes of at least 4 members (excludes halogenated alkanes) is 32. The fraction of sp³-hybridized carbons (Fsp3) is 0.920. The maximum atomic E-state index is 10.8. The molecule has 8 nitrogen and oxygen atoms in total. The van der Waals surface area contributed by atoms with Crippen LogP contribution in [0.1, 0.15) is 272 Å². The van der Waals surface area contributed by atoms with Crippen molar-refractivity contribution in [3.8, 4) is 0 Å². The van der Waals surface area contributed by atoms with Gasteiger partial charge in [0.25, 0.3) is 0 Å². The molecule has 0 radical (unpaired) electrons. The molecule has 2 unspecified atom stereocenters. The maximum Gasteiger partial charge on any atom is 2.00 e. The van der Waals surface area contributed by atoms with Crippen LogP contribution in [-0.2, 0) is 29.2 Å². The van der Waals surface area contributed by atoms with Crippen molar-refractivity contribution in [1.82, 2.24) is 0 Å². The average Bonchev–Trinajstić information content (AvgIpc) is 3.21. The Labute approximate surface area is 410 Å². The van der Waals surface area contributed by atoms with Crippen molar-refractivity contribution < 1.29 is 34.3 Å². The predicted molar refractivity (Wildman–Crippen MR) is 260 cm³/mol. The van der Waals surface area contributed by atoms with E-state index in [2.05, 4.69) is 60.4 Å². The summed E-state index contributed by atoms with van der Waals surface area (Å²) in [5, 5.41) is 0. The largest absolute Gasteiger partial charge is 2.00 e. The molecule has 61 heavy (non-hydrogen) atoms. The summed E-state index contributed by atoms with van der Waals surface area (Å²) in [4.78, 5) is 0. The Hall–Kier alpha value is 0.480. The summed E-state index contributed by atoms with van der Waals surface area (Å²) < 4.78 is 73.7. The van der Waals surface area contributed by atoms with Crippen molar-refractivity contribution >= 4 is 58.5 Å². The summed E-state index contributed by atoms with van der Waals surface area (Å²) in [6.07, 6.45) is 56.1. The summed E-state index contributed by atoms with van der Waals surface area (Å²) in [6.45, 7) is 8.88. The van der Waals surface area contributed by atoms with Crippen LogP contribution in [0.15, 0.2) is 24.3 Å². The van der Waals surface area contributed by atoms with Crippen molar-refractivity contribution in [2.75, 3.05) is 13.2 Å². The second-order valence-electron chi connectivity index (χ2n) is 17.5. The Balaban J connectivity index is -0.00000109. The zero-order valence-electron chi connectivity index (χ0n) is 40.5. The van der Waals surface area contributed by atoms with E-state index in [9.17, 15) is 25.9 Å². The molecule has 0 saturated heterocycles. The number of allylic oxidation sites excluding steroid dienone is 2. The monoisotopic (exact) mass is 931 g/mol. The predicted octanol–water partition coefficient (Wildman–Crippen LogP) is 15.8. The Morgan fingerprint density at radius 1 is 0.361 bits per heavy atom. The molecule has 0 saturated carbocycles. The van der Waals surface area contributed by atoms with Crippen molar-refractivity contribution in [3.05, 3.63) is 24.3 Å². The van der Waals surface area contributed by atoms with Gasteiger partial charge in [0.15, 0.2) is 0 Å². The summed E-state index contributed by atoms with van der Waals surface area (Å²) >= 11 is 0. The summed E-state index contributed by atoms with van der Waals surface area (Å²) in [6, 6.07) is 0. The second kappa shape index (κ2) is 51.5. The molecule has 0 amide bonds. The second-order valence-corrected chi connectivity index (χ2v) is 19.6. The Bertz CT molecular complexity index is 1040. The van der Waals surface area contributed by atoms with Crippen molar-refractivity contribution in [2.24, 2.45) is 11.8 Å². The molecular formula is C50H98CaO8S2. The number of hydrogen-bond donors (Lipinski definition) is 0. The Morgan fingerprint density at radius 2 is 0.574 bits per heavy atom. The minimum Gasteiger partial charge on any atom is -0.726 e. The summed E-state index contributed by atoms with van der Waals surface area (Å²) in [5.41, 5.74) is 0. The molecule has 0 spiro atoms. The number of hydrogen-bond acceptors (Lipinski definition) is 8. The van der Waals surface area contributed by atoms with E-state index in [1.54, 1.807) is 0 Å². The molecule has 0 rings (SSSR count). The van der Waals surface area contributed by atoms with Gasteiger partial charge < -0.3 is 9.11 Å². The average molecular weight is 932 g/mol. The van der Waals surface area contributed by atoms with Gasteiger partial charge >= 0.3 is 37.7 Å². The first-order valence-electron chi connectivity index (χ1n) is 25.5. The van der Waals surface area contributed by atoms with E-state index >= 15 is 0 Å². The van der Waals surface area contributed by atoms with Crippen LogP contribution in [0.4, 0.5) is 0 Å². The first-order valence-corrected chi connectivity index (χ1v) is 28.2. The van der Waals surface area contributed by atoms with Crippen molar-refractivity contribution in [3.63, 3.8) is 0 Å². The van der Waals surface area contributed by atoms with Crippen molar-refractivity contribution in [1.29, 1.82) is 0 Å². The molecule has 0 aliphatic rings. The van der Waals surface area contributed by atoms with Crippen LogP contribution in [0.3, 0.4) is 0 Å². The SMILES string of the molecule is CCCCCC/C=C/C(CCCCCCCCCCCCCCC)COS(=O)(=O)[O-].CCCCCC/C=C/C(CCCCCCCCCCCCCCC)COS(=O)(=O)[O-].[Ca+2]. The standard InChI is InChI=1S/2C25H50O4S.Ca/c2*1-3-5-7-9-11-12-13-14-15-16-17-19-21-23-25(24-29-30(26,27)28)22-20-18-10-8-6-4-2;/h2*20,22,25H,3-19,21,23-24H2,1-2H3,(H,26,27,28);/q;;+2/p-2/b2*22-20+;. The minimum absolute atomic E-state index is 0. The van der Waals surface area contributed by atoms with E-state index in [-0.39, 0.29) is 62.8 Å². The van der Waals surface area contributed by atoms with Crippen LogP contribution in [0.5, 0.6) is 0 Å². The fourth-order valence-electron chi connectivity index (χ4n) is 7.62. The van der Waals surface area contributed by atoms with E-state index in [1.165, 1.54) is 193 Å². The van der Waals surface area contributed by atoms with Gasteiger partial charge in [-0.05, 0) is 38.5 Å². The minimum atomic E-state index is -4.60. The molecule has 0 heterocycles. The van der Waals surface area contributed by atoms with Gasteiger partial charge in [0.05, 0.1) is 13.2 Å². The van der Waals surface area contributed by atoms with Crippen molar-refractivity contribution in [2.45, 2.75) is 272 Å². The van der Waals surface area contributed by atoms with Gasteiger partial charge in [0.2, 0.25) is 20.8 Å². The quantitative estimate of drug-likeness (QED) is 0.0194. The van der Waals surface area contributed by atoms with Gasteiger partial charge in [-0.1, -0.05) is 257 Å². The van der Waals surface area contributed by atoms with Gasteiger partial charge in [-0.2, -0.15) is 0 Å². The van der Waals surface area contributed by atoms with E-state index in [1.807, 2.05) is 0 Å². The normalized spacial score (nSPS) is 13.1. The first-order chi connectivity index (χ1) is 29.0. The fourth-order valence-corrected chi connectivity index (χ4v) is 8.30. The Morgan fingerprint density at radius 3 is 0.803 bits per heavy atom. The molecule has 0 bridgehead atoms. The summed E-state index contributed by atoms with van der Waals surface area (Å²) in [7, 11) is -9.21. The third-order valence-corrected chi connectivity index (χ3v) is 12.3. The van der Waals surface area contributed by atoms with Gasteiger partial charge in [-0.25, -0.2) is 16.8 Å². The molecule has 0 aliphatic heterocycles. The molecule has 360 valence electrons. The van der Waals surface area contributed by atoms with E-state index in [0.29, 0.717) is 0 Å². The van der Waals surface area contributed by atoms with Gasteiger partial charge in [0.1, 0.15) is 0 Å². The molecule has 2 atom stereocenters. The third-order valence-electron chi connectivity index (χ3n) is 11.5. The van der Waals surface area contributed by atoms with E-state index in [4.69, 9.17) is 0 Å². The molecule has 0 aromatic carbocycles. The molecule has 11 heteroatoms. The molecular weight excluding hydrogens is 833 g/mol. The molecule has 0 fully saturated rings.